The molecule has 0 aliphatic rings. The van der Waals surface area contributed by atoms with Crippen LogP contribution in [0.2, 0.25) is 5.02 Å². The summed E-state index contributed by atoms with van der Waals surface area (Å²) < 4.78 is 7.24. The molecule has 0 radical (unpaired) electrons. The largest absolute Gasteiger partial charge is 0.383 e. The molecule has 0 spiro atoms. The van der Waals surface area contributed by atoms with Gasteiger partial charge in [0.15, 0.2) is 0 Å². The summed E-state index contributed by atoms with van der Waals surface area (Å²) in [5.41, 5.74) is 2.53. The van der Waals surface area contributed by atoms with Crippen molar-refractivity contribution in [3.8, 4) is 0 Å². The first-order valence-corrected chi connectivity index (χ1v) is 10.8. The first-order chi connectivity index (χ1) is 15.0. The summed E-state index contributed by atoms with van der Waals surface area (Å²) in [6.07, 6.45) is 2.00. The molecule has 2 N–H and O–H groups in total. The fourth-order valence-corrected chi connectivity index (χ4v) is 4.00. The molecule has 2 aromatic heterocycles. The van der Waals surface area contributed by atoms with Gasteiger partial charge in [-0.2, -0.15) is 0 Å². The van der Waals surface area contributed by atoms with Crippen molar-refractivity contribution in [3.05, 3.63) is 81.6 Å². The molecular weight excluding hydrogens is 434 g/mol. The molecule has 8 heteroatoms. The lowest BCUT2D eigenvalue weighted by Crippen LogP contribution is -2.14. The van der Waals surface area contributed by atoms with E-state index >= 15 is 0 Å². The van der Waals surface area contributed by atoms with E-state index in [4.69, 9.17) is 16.3 Å². The van der Waals surface area contributed by atoms with Crippen LogP contribution in [0.25, 0.3) is 10.9 Å². The molecule has 0 saturated heterocycles. The summed E-state index contributed by atoms with van der Waals surface area (Å²) in [5.74, 6) is -0.556. The van der Waals surface area contributed by atoms with Gasteiger partial charge in [-0.1, -0.05) is 17.7 Å². The Morgan fingerprint density at radius 1 is 1.06 bits per heavy atom. The molecule has 2 amide bonds. The zero-order valence-corrected chi connectivity index (χ0v) is 18.3. The molecular formula is C23H20ClN3O3S. The van der Waals surface area contributed by atoms with Crippen LogP contribution < -0.4 is 10.6 Å². The van der Waals surface area contributed by atoms with Crippen molar-refractivity contribution in [2.75, 3.05) is 24.4 Å². The number of hydrogen-bond acceptors (Lipinski definition) is 4. The van der Waals surface area contributed by atoms with E-state index in [2.05, 4.69) is 15.2 Å². The van der Waals surface area contributed by atoms with Crippen LogP contribution >= 0.6 is 22.9 Å². The highest BCUT2D eigenvalue weighted by Crippen LogP contribution is 2.26. The number of carbonyl (C=O) groups is 2. The molecule has 0 unspecified atom stereocenters. The van der Waals surface area contributed by atoms with E-state index in [0.717, 1.165) is 17.4 Å². The smallest absolute Gasteiger partial charge is 0.265 e. The summed E-state index contributed by atoms with van der Waals surface area (Å²) in [4.78, 5) is 25.7. The molecule has 0 saturated carbocycles. The van der Waals surface area contributed by atoms with Crippen LogP contribution in [0.4, 0.5) is 11.4 Å². The maximum Gasteiger partial charge on any atom is 0.265 e. The minimum absolute atomic E-state index is 0.266. The molecule has 2 heterocycles. The van der Waals surface area contributed by atoms with Crippen molar-refractivity contribution >= 4 is 57.0 Å². The highest BCUT2D eigenvalue weighted by Gasteiger charge is 2.13. The van der Waals surface area contributed by atoms with Crippen molar-refractivity contribution < 1.29 is 14.3 Å². The zero-order chi connectivity index (χ0) is 21.8. The van der Waals surface area contributed by atoms with Crippen molar-refractivity contribution in [2.24, 2.45) is 0 Å². The fraction of sp³-hybridized carbons (Fsp3) is 0.130. The van der Waals surface area contributed by atoms with Crippen LogP contribution in [0.5, 0.6) is 0 Å². The van der Waals surface area contributed by atoms with Crippen LogP contribution in [-0.2, 0) is 11.3 Å². The number of nitrogens with one attached hydrogen (secondary N) is 2. The highest BCUT2D eigenvalue weighted by molar-refractivity contribution is 7.12. The number of carbonyl (C=O) groups excluding carboxylic acids is 2. The molecule has 31 heavy (non-hydrogen) atoms. The summed E-state index contributed by atoms with van der Waals surface area (Å²) in [6, 6.07) is 16.1. The van der Waals surface area contributed by atoms with E-state index in [1.807, 2.05) is 35.8 Å². The molecule has 0 fully saturated rings. The van der Waals surface area contributed by atoms with Crippen molar-refractivity contribution in [1.82, 2.24) is 4.57 Å². The number of fused-ring (bicyclic) bond motifs is 1. The van der Waals surface area contributed by atoms with Crippen molar-refractivity contribution in [1.29, 1.82) is 0 Å². The number of benzene rings is 2. The number of thiophene rings is 1. The van der Waals surface area contributed by atoms with E-state index in [1.165, 1.54) is 11.3 Å². The Hall–Kier alpha value is -3.13. The van der Waals surface area contributed by atoms with Crippen LogP contribution in [0.3, 0.4) is 0 Å². The molecule has 0 aliphatic carbocycles. The van der Waals surface area contributed by atoms with E-state index in [1.54, 1.807) is 37.4 Å². The number of amides is 2. The Morgan fingerprint density at radius 2 is 1.94 bits per heavy atom. The SMILES string of the molecule is COCCn1ccc2cc(NC(=O)c3ccc(Cl)c(NC(=O)c4cccs4)c3)ccc21. The number of ether oxygens (including phenoxy) is 1. The molecule has 158 valence electrons. The number of hydrogen-bond donors (Lipinski definition) is 2. The van der Waals surface area contributed by atoms with E-state index in [0.29, 0.717) is 33.4 Å². The van der Waals surface area contributed by atoms with Gasteiger partial charge in [0, 0.05) is 42.0 Å². The number of methoxy groups -OCH3 is 1. The quantitative estimate of drug-likeness (QED) is 0.387. The third kappa shape index (κ3) is 4.80. The van der Waals surface area contributed by atoms with E-state index in [9.17, 15) is 9.59 Å². The summed E-state index contributed by atoms with van der Waals surface area (Å²) in [6.45, 7) is 1.39. The predicted octanol–water partition coefficient (Wildman–Crippen LogP) is 5.51. The molecule has 0 atom stereocenters. The first kappa shape index (κ1) is 21.1. The first-order valence-electron chi connectivity index (χ1n) is 9.59. The normalized spacial score (nSPS) is 10.9. The average Bonchev–Trinajstić information content (AvgIpc) is 3.43. The Morgan fingerprint density at radius 3 is 2.71 bits per heavy atom. The van der Waals surface area contributed by atoms with Gasteiger partial charge >= 0.3 is 0 Å². The average molecular weight is 454 g/mol. The minimum atomic E-state index is -0.290. The number of aromatic nitrogens is 1. The second kappa shape index (κ2) is 9.34. The third-order valence-electron chi connectivity index (χ3n) is 4.79. The van der Waals surface area contributed by atoms with E-state index < -0.39 is 0 Å². The van der Waals surface area contributed by atoms with Crippen LogP contribution in [-0.4, -0.2) is 30.1 Å². The summed E-state index contributed by atoms with van der Waals surface area (Å²) >= 11 is 7.55. The van der Waals surface area contributed by atoms with Crippen molar-refractivity contribution in [3.63, 3.8) is 0 Å². The summed E-state index contributed by atoms with van der Waals surface area (Å²) in [7, 11) is 1.68. The van der Waals surface area contributed by atoms with E-state index in [-0.39, 0.29) is 11.8 Å². The monoisotopic (exact) mass is 453 g/mol. The lowest BCUT2D eigenvalue weighted by Gasteiger charge is -2.10. The third-order valence-corrected chi connectivity index (χ3v) is 5.99. The highest BCUT2D eigenvalue weighted by atomic mass is 35.5. The molecule has 2 aromatic carbocycles. The molecule has 4 aromatic rings. The van der Waals surface area contributed by atoms with Gasteiger partial charge < -0.3 is 19.9 Å². The lowest BCUT2D eigenvalue weighted by atomic mass is 10.1. The zero-order valence-electron chi connectivity index (χ0n) is 16.7. The maximum atomic E-state index is 12.8. The second-order valence-corrected chi connectivity index (χ2v) is 8.21. The van der Waals surface area contributed by atoms with Crippen molar-refractivity contribution in [2.45, 2.75) is 6.54 Å². The van der Waals surface area contributed by atoms with Gasteiger partial charge in [0.05, 0.1) is 22.2 Å². The van der Waals surface area contributed by atoms with Crippen LogP contribution in [0, 0.1) is 0 Å². The van der Waals surface area contributed by atoms with Gasteiger partial charge in [-0.15, -0.1) is 11.3 Å². The van der Waals surface area contributed by atoms with Gasteiger partial charge in [0.2, 0.25) is 0 Å². The Labute approximate surface area is 188 Å². The van der Waals surface area contributed by atoms with Gasteiger partial charge in [0.1, 0.15) is 0 Å². The lowest BCUT2D eigenvalue weighted by molar-refractivity contribution is 0.101. The second-order valence-electron chi connectivity index (χ2n) is 6.86. The maximum absolute atomic E-state index is 12.8. The number of halogens is 1. The fourth-order valence-electron chi connectivity index (χ4n) is 3.22. The summed E-state index contributed by atoms with van der Waals surface area (Å²) in [5, 5.41) is 8.87. The van der Waals surface area contributed by atoms with Gasteiger partial charge in [-0.05, 0) is 53.9 Å². The molecule has 6 nitrogen and oxygen atoms in total. The number of rotatable bonds is 7. The Kier molecular flexibility index (Phi) is 6.36. The van der Waals surface area contributed by atoms with Gasteiger partial charge in [-0.25, -0.2) is 0 Å². The van der Waals surface area contributed by atoms with Crippen LogP contribution in [0.15, 0.2) is 66.2 Å². The topological polar surface area (TPSA) is 72.4 Å². The Bertz CT molecular complexity index is 1230. The standard InChI is InChI=1S/C23H20ClN3O3S/c1-30-11-10-27-9-8-15-13-17(5-7-20(15)27)25-22(28)16-4-6-18(24)19(14-16)26-23(29)21-3-2-12-31-21/h2-9,12-14H,10-11H2,1H3,(H,25,28)(H,26,29). The number of anilines is 2. The molecule has 4 rings (SSSR count). The predicted molar refractivity (Wildman–Crippen MR) is 125 cm³/mol. The Balaban J connectivity index is 1.50. The minimum Gasteiger partial charge on any atom is -0.383 e. The molecule has 0 bridgehead atoms. The molecule has 0 aliphatic heterocycles. The number of nitrogens with zero attached hydrogens (tertiary/aromatic N) is 1. The van der Waals surface area contributed by atoms with Gasteiger partial charge in [-0.3, -0.25) is 9.59 Å². The van der Waals surface area contributed by atoms with Crippen LogP contribution in [0.1, 0.15) is 20.0 Å². The van der Waals surface area contributed by atoms with Gasteiger partial charge in [0.25, 0.3) is 11.8 Å².